The molecule has 8 heteroatoms. The van der Waals surface area contributed by atoms with Gasteiger partial charge in [-0.1, -0.05) is 43.0 Å². The van der Waals surface area contributed by atoms with E-state index in [1.165, 1.54) is 12.1 Å². The maximum atomic E-state index is 14.9. The van der Waals surface area contributed by atoms with Gasteiger partial charge in [-0.05, 0) is 54.2 Å². The zero-order valence-corrected chi connectivity index (χ0v) is 22.5. The van der Waals surface area contributed by atoms with Gasteiger partial charge in [-0.3, -0.25) is 14.5 Å². The lowest BCUT2D eigenvalue weighted by Gasteiger charge is -2.39. The molecular weight excluding hydrogens is 515 g/mol. The molecule has 1 N–H and O–H groups in total. The summed E-state index contributed by atoms with van der Waals surface area (Å²) in [5.41, 5.74) is 3.69. The molecule has 0 bridgehead atoms. The second kappa shape index (κ2) is 10.8. The van der Waals surface area contributed by atoms with E-state index in [1.54, 1.807) is 23.9 Å². The predicted molar refractivity (Wildman–Crippen MR) is 149 cm³/mol. The molecule has 2 atom stereocenters. The van der Waals surface area contributed by atoms with Crippen LogP contribution in [0.4, 0.5) is 4.39 Å². The lowest BCUT2D eigenvalue weighted by molar-refractivity contribution is -0.134. The van der Waals surface area contributed by atoms with Crippen molar-refractivity contribution in [2.45, 2.75) is 42.0 Å². The van der Waals surface area contributed by atoms with Crippen LogP contribution in [0.15, 0.2) is 71.4 Å². The highest BCUT2D eigenvalue weighted by Crippen LogP contribution is 2.45. The highest BCUT2D eigenvalue weighted by atomic mass is 32.2. The minimum atomic E-state index is -0.533. The third-order valence-corrected chi connectivity index (χ3v) is 9.40. The molecule has 2 aromatic carbocycles. The molecule has 6 nitrogen and oxygen atoms in total. The largest absolute Gasteiger partial charge is 0.504 e. The number of benzene rings is 2. The molecule has 1 aliphatic carbocycles. The number of thioether (sulfide) groups is 1. The summed E-state index contributed by atoms with van der Waals surface area (Å²) in [6.45, 7) is 5.77. The lowest BCUT2D eigenvalue weighted by Crippen LogP contribution is -2.48. The van der Waals surface area contributed by atoms with Crippen molar-refractivity contribution in [3.05, 3.63) is 94.5 Å². The topological polar surface area (TPSA) is 70.1 Å². The van der Waals surface area contributed by atoms with Crippen LogP contribution in [0.1, 0.15) is 47.6 Å². The summed E-state index contributed by atoms with van der Waals surface area (Å²) in [5.74, 6) is -1.33. The number of aliphatic hydroxyl groups is 1. The zero-order chi connectivity index (χ0) is 27.1. The number of hydrogen-bond donors (Lipinski definition) is 1. The Balaban J connectivity index is 1.53. The van der Waals surface area contributed by atoms with Crippen LogP contribution in [-0.2, 0) is 20.1 Å². The molecule has 0 spiro atoms. The van der Waals surface area contributed by atoms with Crippen LogP contribution in [0.3, 0.4) is 0 Å². The number of ether oxygens (including phenoxy) is 1. The van der Waals surface area contributed by atoms with Crippen LogP contribution in [0.2, 0.25) is 0 Å². The molecule has 6 rings (SSSR count). The van der Waals surface area contributed by atoms with E-state index in [9.17, 15) is 19.1 Å². The second-order valence-electron chi connectivity index (χ2n) is 10.5. The number of halogens is 1. The first-order chi connectivity index (χ1) is 19.0. The molecule has 2 aromatic rings. The Morgan fingerprint density at radius 3 is 2.69 bits per heavy atom. The normalized spacial score (nSPS) is 24.4. The van der Waals surface area contributed by atoms with Crippen molar-refractivity contribution in [1.29, 1.82) is 0 Å². The summed E-state index contributed by atoms with van der Waals surface area (Å²) in [7, 11) is 0. The minimum Gasteiger partial charge on any atom is -0.504 e. The number of hydrogen-bond acceptors (Lipinski definition) is 6. The summed E-state index contributed by atoms with van der Waals surface area (Å²) in [6.07, 6.45) is 6.53. The van der Waals surface area contributed by atoms with Gasteiger partial charge in [-0.15, -0.1) is 11.8 Å². The fourth-order valence-corrected chi connectivity index (χ4v) is 7.51. The van der Waals surface area contributed by atoms with Crippen molar-refractivity contribution in [2.75, 3.05) is 26.4 Å². The number of aliphatic hydroxyl groups excluding tert-OH is 1. The maximum absolute atomic E-state index is 14.9. The van der Waals surface area contributed by atoms with E-state index >= 15 is 0 Å². The van der Waals surface area contributed by atoms with Crippen LogP contribution in [-0.4, -0.2) is 59.1 Å². The van der Waals surface area contributed by atoms with Gasteiger partial charge >= 0.3 is 0 Å². The average molecular weight is 547 g/mol. The van der Waals surface area contributed by atoms with Gasteiger partial charge in [-0.25, -0.2) is 4.39 Å². The van der Waals surface area contributed by atoms with Gasteiger partial charge in [0.1, 0.15) is 5.82 Å². The van der Waals surface area contributed by atoms with Gasteiger partial charge < -0.3 is 14.7 Å². The van der Waals surface area contributed by atoms with Crippen LogP contribution in [0, 0.1) is 11.7 Å². The Morgan fingerprint density at radius 2 is 1.90 bits per heavy atom. The van der Waals surface area contributed by atoms with Crippen molar-refractivity contribution < 1.29 is 23.8 Å². The fourth-order valence-electron chi connectivity index (χ4n) is 6.36. The number of nitrogens with zero attached hydrogens (tertiary/aromatic N) is 2. The molecule has 1 amide bonds. The second-order valence-corrected chi connectivity index (χ2v) is 11.5. The quantitative estimate of drug-likeness (QED) is 0.556. The van der Waals surface area contributed by atoms with Crippen LogP contribution >= 0.6 is 11.8 Å². The van der Waals surface area contributed by atoms with Gasteiger partial charge in [0.25, 0.3) is 5.91 Å². The maximum Gasteiger partial charge on any atom is 0.255 e. The first-order valence-electron chi connectivity index (χ1n) is 13.4. The number of fused-ring (bicyclic) bond motifs is 3. The highest BCUT2D eigenvalue weighted by molar-refractivity contribution is 7.98. The third-order valence-electron chi connectivity index (χ3n) is 8.29. The first kappa shape index (κ1) is 26.0. The molecular formula is C31H31FN2O4S. The molecule has 3 heterocycles. The standard InChI is InChI=1S/C31H31FN2O4S/c1-2-21-24-17-39-27-9-4-3-7-23(27)29(22(24)10-11-25(21)32)33-16-19-6-5-8-26(35)30(36)28(19)31(37)34(18-33)20-12-14-38-15-13-20/h2-5,7-11,19-20,29,36H,1,6,12-18H2/t19?,29-/m0/s1. The molecule has 2 fully saturated rings. The zero-order valence-electron chi connectivity index (χ0n) is 21.6. The summed E-state index contributed by atoms with van der Waals surface area (Å²) < 4.78 is 20.5. The fraction of sp³-hybridized carbons (Fsp3) is 0.355. The Hall–Kier alpha value is -3.20. The van der Waals surface area contributed by atoms with Gasteiger partial charge in [0, 0.05) is 47.9 Å². The SMILES string of the molecule is C=Cc1c(F)ccc2c1CSc1ccccc1[C@H]2N1CC2CC=CC(=O)C(O)=C2C(=O)N(C2CCOCC2)C1. The summed E-state index contributed by atoms with van der Waals surface area (Å²) >= 11 is 1.68. The van der Waals surface area contributed by atoms with E-state index in [-0.39, 0.29) is 35.3 Å². The number of allylic oxidation sites excluding steroid dienone is 2. The van der Waals surface area contributed by atoms with Crippen LogP contribution < -0.4 is 0 Å². The minimum absolute atomic E-state index is 0.0778. The molecule has 3 aliphatic heterocycles. The number of rotatable bonds is 3. The summed E-state index contributed by atoms with van der Waals surface area (Å²) in [5, 5.41) is 11.0. The molecule has 0 aromatic heterocycles. The predicted octanol–water partition coefficient (Wildman–Crippen LogP) is 5.40. The summed E-state index contributed by atoms with van der Waals surface area (Å²) in [6, 6.07) is 11.2. The van der Waals surface area contributed by atoms with Crippen molar-refractivity contribution in [1.82, 2.24) is 9.80 Å². The molecule has 0 radical (unpaired) electrons. The number of ketones is 1. The van der Waals surface area contributed by atoms with Gasteiger partial charge in [0.15, 0.2) is 5.76 Å². The first-order valence-corrected chi connectivity index (χ1v) is 14.4. The van der Waals surface area contributed by atoms with E-state index in [2.05, 4.69) is 23.6 Å². The smallest absolute Gasteiger partial charge is 0.255 e. The Labute approximate surface area is 231 Å². The number of carbonyl (C=O) groups excluding carboxylic acids is 2. The van der Waals surface area contributed by atoms with E-state index < -0.39 is 11.5 Å². The van der Waals surface area contributed by atoms with Crippen molar-refractivity contribution in [3.63, 3.8) is 0 Å². The van der Waals surface area contributed by atoms with E-state index in [0.717, 1.165) is 21.6 Å². The van der Waals surface area contributed by atoms with Gasteiger partial charge in [-0.2, -0.15) is 0 Å². The molecule has 1 unspecified atom stereocenters. The van der Waals surface area contributed by atoms with Crippen molar-refractivity contribution in [2.24, 2.45) is 5.92 Å². The van der Waals surface area contributed by atoms with Crippen LogP contribution in [0.5, 0.6) is 0 Å². The highest BCUT2D eigenvalue weighted by Gasteiger charge is 2.42. The Morgan fingerprint density at radius 1 is 1.10 bits per heavy atom. The van der Waals surface area contributed by atoms with Gasteiger partial charge in [0.05, 0.1) is 18.3 Å². The van der Waals surface area contributed by atoms with E-state index in [1.807, 2.05) is 23.1 Å². The van der Waals surface area contributed by atoms with Gasteiger partial charge in [0.2, 0.25) is 5.78 Å². The average Bonchev–Trinajstić information content (AvgIpc) is 3.27. The Bertz CT molecular complexity index is 1400. The Kier molecular flexibility index (Phi) is 7.18. The molecule has 202 valence electrons. The molecule has 4 aliphatic rings. The van der Waals surface area contributed by atoms with Crippen molar-refractivity contribution >= 4 is 29.5 Å². The van der Waals surface area contributed by atoms with Crippen molar-refractivity contribution in [3.8, 4) is 0 Å². The third kappa shape index (κ3) is 4.64. The number of amides is 1. The molecule has 0 saturated carbocycles. The molecule has 39 heavy (non-hydrogen) atoms. The van der Waals surface area contributed by atoms with E-state index in [4.69, 9.17) is 4.74 Å². The monoisotopic (exact) mass is 546 g/mol. The lowest BCUT2D eigenvalue weighted by atomic mass is 9.89. The van der Waals surface area contributed by atoms with E-state index in [0.29, 0.717) is 57.0 Å². The molecule has 2 saturated heterocycles. The van der Waals surface area contributed by atoms with Crippen LogP contribution in [0.25, 0.3) is 6.08 Å². The summed E-state index contributed by atoms with van der Waals surface area (Å²) in [4.78, 5) is 31.9. The number of carbonyl (C=O) groups is 2.